The van der Waals surface area contributed by atoms with Crippen LogP contribution in [0.4, 0.5) is 5.69 Å². The number of anilines is 1. The predicted molar refractivity (Wildman–Crippen MR) is 79.4 cm³/mol. The maximum absolute atomic E-state index is 12.5. The summed E-state index contributed by atoms with van der Waals surface area (Å²) in [5.41, 5.74) is 5.70. The molecule has 0 heterocycles. The third-order valence-corrected chi connectivity index (χ3v) is 5.71. The Morgan fingerprint density at radius 3 is 2.52 bits per heavy atom. The molecule has 0 spiro atoms. The molecule has 0 atom stereocenters. The number of esters is 1. The fourth-order valence-corrected chi connectivity index (χ4v) is 4.15. The van der Waals surface area contributed by atoms with Crippen molar-refractivity contribution in [3.05, 3.63) is 23.8 Å². The summed E-state index contributed by atoms with van der Waals surface area (Å²) in [6, 6.07) is 4.06. The van der Waals surface area contributed by atoms with E-state index >= 15 is 0 Å². The average molecular weight is 312 g/mol. The van der Waals surface area contributed by atoms with Crippen LogP contribution in [-0.2, 0) is 14.8 Å². The molecule has 0 saturated heterocycles. The monoisotopic (exact) mass is 312 g/mol. The van der Waals surface area contributed by atoms with Gasteiger partial charge in [0.05, 0.1) is 18.4 Å². The smallest absolute Gasteiger partial charge is 0.337 e. The van der Waals surface area contributed by atoms with Crippen LogP contribution in [0.15, 0.2) is 23.1 Å². The van der Waals surface area contributed by atoms with Crippen molar-refractivity contribution in [3.63, 3.8) is 0 Å². The number of carbonyl (C=O) groups is 1. The lowest BCUT2D eigenvalue weighted by molar-refractivity contribution is 0.0600. The van der Waals surface area contributed by atoms with E-state index in [1.807, 2.05) is 6.92 Å². The molecule has 3 N–H and O–H groups in total. The molecule has 1 aliphatic carbocycles. The van der Waals surface area contributed by atoms with Gasteiger partial charge in [0.15, 0.2) is 0 Å². The van der Waals surface area contributed by atoms with E-state index in [2.05, 4.69) is 9.46 Å². The van der Waals surface area contributed by atoms with Gasteiger partial charge >= 0.3 is 5.97 Å². The van der Waals surface area contributed by atoms with Crippen LogP contribution in [-0.4, -0.2) is 27.0 Å². The molecule has 1 aliphatic rings. The number of hydrogen-bond donors (Lipinski definition) is 2. The van der Waals surface area contributed by atoms with E-state index in [9.17, 15) is 13.2 Å². The average Bonchev–Trinajstić information content (AvgIpc) is 2.41. The summed E-state index contributed by atoms with van der Waals surface area (Å²) < 4.78 is 32.3. The lowest BCUT2D eigenvalue weighted by Gasteiger charge is -2.41. The van der Waals surface area contributed by atoms with Crippen LogP contribution in [0.5, 0.6) is 0 Å². The molecule has 6 nitrogen and oxygen atoms in total. The SMILES string of the molecule is CCC1(NS(=O)(=O)c2ccc(C(=O)OC)cc2N)CCC1. The molecule has 0 aromatic heterocycles. The fraction of sp³-hybridized carbons (Fsp3) is 0.500. The molecule has 116 valence electrons. The number of nitrogens with two attached hydrogens (primary N) is 1. The Morgan fingerprint density at radius 1 is 1.43 bits per heavy atom. The van der Waals surface area contributed by atoms with Crippen molar-refractivity contribution < 1.29 is 17.9 Å². The Kier molecular flexibility index (Phi) is 4.25. The van der Waals surface area contributed by atoms with Crippen LogP contribution in [0.3, 0.4) is 0 Å². The molecule has 1 saturated carbocycles. The molecule has 0 amide bonds. The molecular formula is C14H20N2O4S. The van der Waals surface area contributed by atoms with Gasteiger partial charge in [0.25, 0.3) is 0 Å². The molecule has 0 aliphatic heterocycles. The highest BCUT2D eigenvalue weighted by atomic mass is 32.2. The molecule has 1 fully saturated rings. The van der Waals surface area contributed by atoms with E-state index in [0.29, 0.717) is 0 Å². The Labute approximate surface area is 124 Å². The van der Waals surface area contributed by atoms with Crippen molar-refractivity contribution in [1.82, 2.24) is 4.72 Å². The zero-order valence-corrected chi connectivity index (χ0v) is 13.0. The van der Waals surface area contributed by atoms with Crippen molar-refractivity contribution in [2.75, 3.05) is 12.8 Å². The minimum atomic E-state index is -3.70. The first-order chi connectivity index (χ1) is 9.83. The maximum atomic E-state index is 12.5. The lowest BCUT2D eigenvalue weighted by atomic mass is 9.76. The number of nitrogens with one attached hydrogen (secondary N) is 1. The van der Waals surface area contributed by atoms with Gasteiger partial charge in [-0.15, -0.1) is 0 Å². The van der Waals surface area contributed by atoms with Crippen molar-refractivity contribution in [3.8, 4) is 0 Å². The Hall–Kier alpha value is -1.60. The summed E-state index contributed by atoms with van der Waals surface area (Å²) in [7, 11) is -2.44. The summed E-state index contributed by atoms with van der Waals surface area (Å²) >= 11 is 0. The van der Waals surface area contributed by atoms with Gasteiger partial charge in [0.1, 0.15) is 4.90 Å². The van der Waals surface area contributed by atoms with Gasteiger partial charge in [0.2, 0.25) is 10.0 Å². The zero-order chi connectivity index (χ0) is 15.7. The number of nitrogen functional groups attached to an aromatic ring is 1. The number of hydrogen-bond acceptors (Lipinski definition) is 5. The summed E-state index contributed by atoms with van der Waals surface area (Å²) in [5.74, 6) is -0.553. The molecule has 0 unspecified atom stereocenters. The molecule has 2 rings (SSSR count). The number of benzene rings is 1. The van der Waals surface area contributed by atoms with E-state index in [-0.39, 0.29) is 21.7 Å². The second-order valence-electron chi connectivity index (χ2n) is 5.34. The van der Waals surface area contributed by atoms with Crippen molar-refractivity contribution in [1.29, 1.82) is 0 Å². The second-order valence-corrected chi connectivity index (χ2v) is 6.99. The van der Waals surface area contributed by atoms with Crippen LogP contribution in [0.25, 0.3) is 0 Å². The molecule has 1 aromatic rings. The maximum Gasteiger partial charge on any atom is 0.337 e. The standard InChI is InChI=1S/C14H20N2O4S/c1-3-14(7-4-8-14)16-21(18,19)12-6-5-10(9-11(12)15)13(17)20-2/h5-6,9,16H,3-4,7-8,15H2,1-2H3. The van der Waals surface area contributed by atoms with E-state index in [0.717, 1.165) is 25.7 Å². The highest BCUT2D eigenvalue weighted by molar-refractivity contribution is 7.89. The largest absolute Gasteiger partial charge is 0.465 e. The van der Waals surface area contributed by atoms with E-state index in [4.69, 9.17) is 5.73 Å². The molecular weight excluding hydrogens is 292 g/mol. The number of carbonyl (C=O) groups excluding carboxylic acids is 1. The Balaban J connectivity index is 2.30. The predicted octanol–water partition coefficient (Wildman–Crippen LogP) is 1.67. The van der Waals surface area contributed by atoms with E-state index < -0.39 is 16.0 Å². The Bertz CT molecular complexity index is 645. The number of sulfonamides is 1. The van der Waals surface area contributed by atoms with Gasteiger partial charge in [-0.1, -0.05) is 6.92 Å². The number of rotatable bonds is 5. The third kappa shape index (κ3) is 3.03. The van der Waals surface area contributed by atoms with Gasteiger partial charge in [-0.05, 0) is 43.9 Å². The minimum Gasteiger partial charge on any atom is -0.465 e. The van der Waals surface area contributed by atoms with Gasteiger partial charge in [-0.3, -0.25) is 0 Å². The molecule has 0 radical (unpaired) electrons. The van der Waals surface area contributed by atoms with Gasteiger partial charge < -0.3 is 10.5 Å². The summed E-state index contributed by atoms with van der Waals surface area (Å²) in [6.07, 6.45) is 3.44. The van der Waals surface area contributed by atoms with Gasteiger partial charge in [0, 0.05) is 5.54 Å². The zero-order valence-electron chi connectivity index (χ0n) is 12.2. The van der Waals surface area contributed by atoms with Crippen LogP contribution in [0, 0.1) is 0 Å². The summed E-state index contributed by atoms with van der Waals surface area (Å²) in [5, 5.41) is 0. The van der Waals surface area contributed by atoms with Crippen molar-refractivity contribution in [2.45, 2.75) is 43.0 Å². The minimum absolute atomic E-state index is 0.00474. The molecule has 7 heteroatoms. The quantitative estimate of drug-likeness (QED) is 0.636. The van der Waals surface area contributed by atoms with Crippen LogP contribution < -0.4 is 10.5 Å². The number of ether oxygens (including phenoxy) is 1. The lowest BCUT2D eigenvalue weighted by Crippen LogP contribution is -2.52. The normalized spacial score (nSPS) is 17.0. The summed E-state index contributed by atoms with van der Waals surface area (Å²) in [6.45, 7) is 1.96. The second kappa shape index (κ2) is 5.65. The number of methoxy groups -OCH3 is 1. The fourth-order valence-electron chi connectivity index (χ4n) is 2.51. The van der Waals surface area contributed by atoms with E-state index in [1.54, 1.807) is 0 Å². The van der Waals surface area contributed by atoms with Gasteiger partial charge in [-0.25, -0.2) is 17.9 Å². The first kappa shape index (κ1) is 15.8. The van der Waals surface area contributed by atoms with Gasteiger partial charge in [-0.2, -0.15) is 0 Å². The van der Waals surface area contributed by atoms with Crippen LogP contribution in [0.1, 0.15) is 43.0 Å². The van der Waals surface area contributed by atoms with Crippen molar-refractivity contribution in [2.24, 2.45) is 0 Å². The van der Waals surface area contributed by atoms with E-state index in [1.165, 1.54) is 25.3 Å². The third-order valence-electron chi connectivity index (χ3n) is 4.06. The Morgan fingerprint density at radius 2 is 2.10 bits per heavy atom. The molecule has 21 heavy (non-hydrogen) atoms. The molecule has 0 bridgehead atoms. The topological polar surface area (TPSA) is 98.5 Å². The summed E-state index contributed by atoms with van der Waals surface area (Å²) in [4.78, 5) is 11.4. The van der Waals surface area contributed by atoms with Crippen LogP contribution >= 0.6 is 0 Å². The first-order valence-corrected chi connectivity index (χ1v) is 8.34. The van der Waals surface area contributed by atoms with Crippen molar-refractivity contribution >= 4 is 21.7 Å². The highest BCUT2D eigenvalue weighted by Crippen LogP contribution is 2.36. The first-order valence-electron chi connectivity index (χ1n) is 6.85. The molecule has 1 aromatic carbocycles. The highest BCUT2D eigenvalue weighted by Gasteiger charge is 2.39. The van der Waals surface area contributed by atoms with Crippen LogP contribution in [0.2, 0.25) is 0 Å².